The Morgan fingerprint density at radius 1 is 1.26 bits per heavy atom. The number of rotatable bonds is 6. The third kappa shape index (κ3) is 4.39. The quantitative estimate of drug-likeness (QED) is 0.534. The van der Waals surface area contributed by atoms with Crippen LogP contribution in [-0.4, -0.2) is 38.0 Å². The molecule has 0 fully saturated rings. The summed E-state index contributed by atoms with van der Waals surface area (Å²) in [6.07, 6.45) is 3.11. The summed E-state index contributed by atoms with van der Waals surface area (Å²) in [6.45, 7) is 1.53. The molecule has 0 radical (unpaired) electrons. The molecule has 1 aromatic carbocycles. The topological polar surface area (TPSA) is 131 Å². The molecule has 1 aliphatic carbocycles. The molecular weight excluding hydrogens is 420 g/mol. The summed E-state index contributed by atoms with van der Waals surface area (Å²) in [5.41, 5.74) is 9.81. The first-order chi connectivity index (χ1) is 14.8. The van der Waals surface area contributed by atoms with Gasteiger partial charge < -0.3 is 20.6 Å². The highest BCUT2D eigenvalue weighted by Crippen LogP contribution is 2.33. The van der Waals surface area contributed by atoms with Crippen molar-refractivity contribution in [2.75, 3.05) is 0 Å². The average molecular weight is 441 g/mol. The van der Waals surface area contributed by atoms with Crippen LogP contribution >= 0.6 is 11.6 Å². The Hall–Kier alpha value is -3.39. The van der Waals surface area contributed by atoms with Gasteiger partial charge in [-0.05, 0) is 43.4 Å². The van der Waals surface area contributed by atoms with Crippen molar-refractivity contribution in [3.8, 4) is 17.3 Å². The summed E-state index contributed by atoms with van der Waals surface area (Å²) in [4.78, 5) is 34.0. The molecule has 8 nitrogen and oxygen atoms in total. The monoisotopic (exact) mass is 440 g/mol. The van der Waals surface area contributed by atoms with Crippen LogP contribution in [0.1, 0.15) is 31.7 Å². The highest BCUT2D eigenvalue weighted by atomic mass is 35.5. The van der Waals surface area contributed by atoms with Crippen molar-refractivity contribution < 1.29 is 19.4 Å². The van der Waals surface area contributed by atoms with Gasteiger partial charge in [0.25, 0.3) is 11.9 Å². The van der Waals surface area contributed by atoms with Gasteiger partial charge in [-0.3, -0.25) is 9.59 Å². The van der Waals surface area contributed by atoms with Crippen LogP contribution in [0, 0.1) is 5.92 Å². The lowest BCUT2D eigenvalue weighted by molar-refractivity contribution is -0.141. The number of nitrogens with two attached hydrogens (primary N) is 1. The number of imidazole rings is 1. The van der Waals surface area contributed by atoms with E-state index < -0.39 is 18.0 Å². The molecule has 0 aliphatic heterocycles. The first-order valence-electron chi connectivity index (χ1n) is 9.86. The van der Waals surface area contributed by atoms with Gasteiger partial charge in [-0.15, -0.1) is 0 Å². The lowest BCUT2D eigenvalue weighted by atomic mass is 9.86. The lowest BCUT2D eigenvalue weighted by Gasteiger charge is -2.19. The van der Waals surface area contributed by atoms with Crippen molar-refractivity contribution in [1.82, 2.24) is 15.0 Å². The number of carbonyl (C=O) groups is 2. The zero-order valence-corrected chi connectivity index (χ0v) is 17.5. The minimum absolute atomic E-state index is 0.140. The number of ether oxygens (including phenoxy) is 1. The number of halogens is 1. The molecule has 0 spiro atoms. The van der Waals surface area contributed by atoms with E-state index in [1.54, 1.807) is 6.07 Å². The second-order valence-electron chi connectivity index (χ2n) is 7.51. The van der Waals surface area contributed by atoms with E-state index in [1.807, 2.05) is 30.3 Å². The van der Waals surface area contributed by atoms with E-state index >= 15 is 0 Å². The molecule has 3 aromatic rings. The van der Waals surface area contributed by atoms with E-state index in [9.17, 15) is 9.59 Å². The van der Waals surface area contributed by atoms with Crippen LogP contribution in [0.5, 0.6) is 6.01 Å². The molecule has 1 amide bonds. The van der Waals surface area contributed by atoms with Crippen LogP contribution in [-0.2, 0) is 9.59 Å². The summed E-state index contributed by atoms with van der Waals surface area (Å²) in [5.74, 6) is -1.64. The van der Waals surface area contributed by atoms with Gasteiger partial charge in [-0.1, -0.05) is 41.9 Å². The number of benzene rings is 1. The largest absolute Gasteiger partial charge is 0.481 e. The molecule has 1 aliphatic rings. The number of hydrogen-bond acceptors (Lipinski definition) is 5. The molecule has 2 unspecified atom stereocenters. The van der Waals surface area contributed by atoms with Gasteiger partial charge >= 0.3 is 5.97 Å². The number of aromatic amines is 1. The van der Waals surface area contributed by atoms with Crippen LogP contribution < -0.4 is 10.5 Å². The van der Waals surface area contributed by atoms with E-state index in [0.717, 1.165) is 23.1 Å². The number of aliphatic carboxylic acids is 1. The number of amides is 1. The first kappa shape index (κ1) is 20.9. The second-order valence-corrected chi connectivity index (χ2v) is 7.92. The van der Waals surface area contributed by atoms with E-state index in [2.05, 4.69) is 15.0 Å². The Bertz CT molecular complexity index is 1190. The molecule has 2 atom stereocenters. The summed E-state index contributed by atoms with van der Waals surface area (Å²) in [7, 11) is 0. The zero-order valence-electron chi connectivity index (χ0n) is 16.8. The van der Waals surface area contributed by atoms with Crippen molar-refractivity contribution in [3.05, 3.63) is 47.0 Å². The van der Waals surface area contributed by atoms with Crippen molar-refractivity contribution in [2.24, 2.45) is 11.7 Å². The number of nitrogens with zero attached hydrogens (tertiary/aromatic N) is 2. The number of hydrogen-bond donors (Lipinski definition) is 3. The number of fused-ring (bicyclic) bond motifs is 1. The zero-order chi connectivity index (χ0) is 22.1. The van der Waals surface area contributed by atoms with Crippen LogP contribution in [0.3, 0.4) is 0 Å². The molecule has 160 valence electrons. The first-order valence-corrected chi connectivity index (χ1v) is 10.2. The van der Waals surface area contributed by atoms with Gasteiger partial charge in [0.2, 0.25) is 0 Å². The Morgan fingerprint density at radius 3 is 2.58 bits per heavy atom. The Kier molecular flexibility index (Phi) is 5.65. The average Bonchev–Trinajstić information content (AvgIpc) is 3.14. The number of nitrogens with one attached hydrogen (secondary N) is 1. The Labute approximate surface area is 183 Å². The molecule has 4 rings (SSSR count). The van der Waals surface area contributed by atoms with Crippen LogP contribution in [0.4, 0.5) is 0 Å². The standard InChI is InChI=1S/C22H21ClN4O4/c1-11(19(24)28)31-22-25-17-10-16(23)18(26-20(17)27-22)14-6-2-12(3-7-14)13-4-8-15(9-5-13)21(29)30/h2-4,6-7,10-11,15H,5,8-9H2,1H3,(H2,24,28)(H,29,30)(H,25,26,27). The molecule has 0 bridgehead atoms. The molecule has 31 heavy (non-hydrogen) atoms. The summed E-state index contributed by atoms with van der Waals surface area (Å²) in [6, 6.07) is 9.67. The second kappa shape index (κ2) is 8.39. The van der Waals surface area contributed by atoms with Gasteiger partial charge in [-0.25, -0.2) is 4.98 Å². The maximum absolute atomic E-state index is 11.2. The van der Waals surface area contributed by atoms with Crippen LogP contribution in [0.2, 0.25) is 5.02 Å². The number of carboxylic acid groups (broad SMARTS) is 1. The maximum Gasteiger partial charge on any atom is 0.306 e. The fourth-order valence-corrected chi connectivity index (χ4v) is 3.80. The minimum atomic E-state index is -0.831. The van der Waals surface area contributed by atoms with Gasteiger partial charge in [-0.2, -0.15) is 4.98 Å². The van der Waals surface area contributed by atoms with E-state index in [-0.39, 0.29) is 11.9 Å². The molecular formula is C22H21ClN4O4. The van der Waals surface area contributed by atoms with E-state index in [1.165, 1.54) is 6.92 Å². The molecule has 4 N–H and O–H groups in total. The van der Waals surface area contributed by atoms with Crippen molar-refractivity contribution >= 4 is 40.2 Å². The van der Waals surface area contributed by atoms with Crippen molar-refractivity contribution in [3.63, 3.8) is 0 Å². The predicted octanol–water partition coefficient (Wildman–Crippen LogP) is 3.80. The van der Waals surface area contributed by atoms with E-state index in [0.29, 0.717) is 34.7 Å². The van der Waals surface area contributed by atoms with Gasteiger partial charge in [0.05, 0.1) is 22.2 Å². The van der Waals surface area contributed by atoms with Gasteiger partial charge in [0.15, 0.2) is 11.8 Å². The molecule has 2 aromatic heterocycles. The molecule has 0 saturated heterocycles. The van der Waals surface area contributed by atoms with Gasteiger partial charge in [0.1, 0.15) is 0 Å². The Morgan fingerprint density at radius 2 is 1.97 bits per heavy atom. The fraction of sp³-hybridized carbons (Fsp3) is 0.273. The number of carboxylic acids is 1. The lowest BCUT2D eigenvalue weighted by Crippen LogP contribution is -2.30. The summed E-state index contributed by atoms with van der Waals surface area (Å²) >= 11 is 6.45. The normalized spacial score (nSPS) is 17.2. The number of H-pyrrole nitrogens is 1. The predicted molar refractivity (Wildman–Crippen MR) is 117 cm³/mol. The molecule has 9 heteroatoms. The summed E-state index contributed by atoms with van der Waals surface area (Å²) in [5, 5.41) is 9.59. The SMILES string of the molecule is CC(Oc1nc2nc(-c3ccc(C4=CCC(C(=O)O)CC4)cc3)c(Cl)cc2[nH]1)C(N)=O. The highest BCUT2D eigenvalue weighted by Gasteiger charge is 2.21. The third-order valence-electron chi connectivity index (χ3n) is 5.38. The van der Waals surface area contributed by atoms with Crippen molar-refractivity contribution in [2.45, 2.75) is 32.3 Å². The number of primary amides is 1. The van der Waals surface area contributed by atoms with E-state index in [4.69, 9.17) is 27.2 Å². The maximum atomic E-state index is 11.2. The minimum Gasteiger partial charge on any atom is -0.481 e. The smallest absolute Gasteiger partial charge is 0.306 e. The molecule has 0 saturated carbocycles. The fourth-order valence-electron chi connectivity index (χ4n) is 3.54. The number of allylic oxidation sites excluding steroid dienone is 2. The number of aromatic nitrogens is 3. The van der Waals surface area contributed by atoms with Gasteiger partial charge in [0, 0.05) is 5.56 Å². The third-order valence-corrected chi connectivity index (χ3v) is 5.67. The summed E-state index contributed by atoms with van der Waals surface area (Å²) < 4.78 is 5.38. The van der Waals surface area contributed by atoms with Crippen molar-refractivity contribution in [1.29, 1.82) is 0 Å². The highest BCUT2D eigenvalue weighted by molar-refractivity contribution is 6.33. The van der Waals surface area contributed by atoms with Crippen LogP contribution in [0.25, 0.3) is 28.0 Å². The number of carbonyl (C=O) groups excluding carboxylic acids is 1. The Balaban J connectivity index is 1.58. The number of pyridine rings is 1. The van der Waals surface area contributed by atoms with Crippen LogP contribution in [0.15, 0.2) is 36.4 Å². The molecule has 2 heterocycles.